The molecule has 0 heterocycles. The molecular weight excluding hydrogens is 386 g/mol. The molecule has 2 aromatic rings. The van der Waals surface area contributed by atoms with Crippen LogP contribution in [0.15, 0.2) is 41.5 Å². The Kier molecular flexibility index (Phi) is 7.76. The first-order chi connectivity index (χ1) is 13.4. The molecule has 2 rings (SSSR count). The number of hydrogen-bond acceptors (Lipinski definition) is 6. The first-order valence-corrected chi connectivity index (χ1v) is 8.88. The fraction of sp³-hybridized carbons (Fsp3) is 0.263. The standard InChI is InChI=1S/C19H20ClN3O5/c1-3-8-28-18-7-4-13(9-17(18)23(25)26)12-21-22-19(24)11-14-10-15(27-2)5-6-16(14)20/h4-7,9-10,12H,3,8,11H2,1-2H3,(H,22,24)/b21-12+. The molecule has 0 saturated heterocycles. The highest BCUT2D eigenvalue weighted by atomic mass is 35.5. The molecule has 1 N–H and O–H groups in total. The Morgan fingerprint density at radius 3 is 2.79 bits per heavy atom. The van der Waals surface area contributed by atoms with E-state index in [1.807, 2.05) is 6.92 Å². The van der Waals surface area contributed by atoms with Crippen LogP contribution in [-0.2, 0) is 11.2 Å². The van der Waals surface area contributed by atoms with Crippen LogP contribution in [0.5, 0.6) is 11.5 Å². The molecule has 2 aromatic carbocycles. The van der Waals surface area contributed by atoms with E-state index in [0.29, 0.717) is 28.5 Å². The number of nitro benzene ring substituents is 1. The van der Waals surface area contributed by atoms with Gasteiger partial charge in [-0.3, -0.25) is 14.9 Å². The van der Waals surface area contributed by atoms with Crippen molar-refractivity contribution in [2.75, 3.05) is 13.7 Å². The van der Waals surface area contributed by atoms with Gasteiger partial charge in [-0.2, -0.15) is 5.10 Å². The lowest BCUT2D eigenvalue weighted by Crippen LogP contribution is -2.20. The van der Waals surface area contributed by atoms with Crippen molar-refractivity contribution in [3.05, 3.63) is 62.7 Å². The maximum Gasteiger partial charge on any atom is 0.311 e. The largest absolute Gasteiger partial charge is 0.497 e. The number of carbonyl (C=O) groups excluding carboxylic acids is 1. The predicted octanol–water partition coefficient (Wildman–Crippen LogP) is 3.74. The number of carbonyl (C=O) groups is 1. The Morgan fingerprint density at radius 2 is 2.11 bits per heavy atom. The van der Waals surface area contributed by atoms with Crippen molar-refractivity contribution in [1.82, 2.24) is 5.43 Å². The van der Waals surface area contributed by atoms with Crippen molar-refractivity contribution in [3.8, 4) is 11.5 Å². The molecule has 0 radical (unpaired) electrons. The second-order valence-corrected chi connectivity index (χ2v) is 6.17. The zero-order valence-electron chi connectivity index (χ0n) is 15.5. The summed E-state index contributed by atoms with van der Waals surface area (Å²) in [5.74, 6) is 0.401. The zero-order valence-corrected chi connectivity index (χ0v) is 16.2. The Hall–Kier alpha value is -3.13. The maximum atomic E-state index is 12.0. The number of nitrogens with zero attached hydrogens (tertiary/aromatic N) is 2. The lowest BCUT2D eigenvalue weighted by Gasteiger charge is -2.06. The number of benzene rings is 2. The van der Waals surface area contributed by atoms with Crippen molar-refractivity contribution in [2.45, 2.75) is 19.8 Å². The van der Waals surface area contributed by atoms with Crippen LogP contribution in [-0.4, -0.2) is 30.8 Å². The SMILES string of the molecule is CCCOc1ccc(/C=N/NC(=O)Cc2cc(OC)ccc2Cl)cc1[N+](=O)[O-]. The lowest BCUT2D eigenvalue weighted by atomic mass is 10.1. The number of hydrazone groups is 1. The van der Waals surface area contributed by atoms with Crippen molar-refractivity contribution >= 4 is 29.4 Å². The van der Waals surface area contributed by atoms with Crippen LogP contribution in [0.2, 0.25) is 5.02 Å². The summed E-state index contributed by atoms with van der Waals surface area (Å²) >= 11 is 6.08. The second kappa shape index (κ2) is 10.3. The Bertz CT molecular complexity index is 886. The fourth-order valence-corrected chi connectivity index (χ4v) is 2.48. The zero-order chi connectivity index (χ0) is 20.5. The summed E-state index contributed by atoms with van der Waals surface area (Å²) in [5, 5.41) is 15.5. The number of nitrogens with one attached hydrogen (secondary N) is 1. The van der Waals surface area contributed by atoms with Crippen molar-refractivity contribution in [1.29, 1.82) is 0 Å². The van der Waals surface area contributed by atoms with Crippen molar-refractivity contribution in [2.24, 2.45) is 5.10 Å². The molecule has 0 fully saturated rings. The van der Waals surface area contributed by atoms with Crippen LogP contribution in [0.3, 0.4) is 0 Å². The molecule has 1 amide bonds. The van der Waals surface area contributed by atoms with Gasteiger partial charge in [0, 0.05) is 16.7 Å². The van der Waals surface area contributed by atoms with E-state index in [-0.39, 0.29) is 23.8 Å². The van der Waals surface area contributed by atoms with E-state index in [0.717, 1.165) is 6.42 Å². The van der Waals surface area contributed by atoms with E-state index in [9.17, 15) is 14.9 Å². The third-order valence-corrected chi connectivity index (χ3v) is 4.02. The van der Waals surface area contributed by atoms with Gasteiger partial charge in [-0.05, 0) is 42.3 Å². The summed E-state index contributed by atoms with van der Waals surface area (Å²) in [4.78, 5) is 22.7. The van der Waals surface area contributed by atoms with Gasteiger partial charge in [0.15, 0.2) is 5.75 Å². The topological polar surface area (TPSA) is 103 Å². The molecule has 0 spiro atoms. The van der Waals surface area contributed by atoms with E-state index >= 15 is 0 Å². The predicted molar refractivity (Wildman–Crippen MR) is 106 cm³/mol. The normalized spacial score (nSPS) is 10.7. The summed E-state index contributed by atoms with van der Waals surface area (Å²) < 4.78 is 10.5. The number of ether oxygens (including phenoxy) is 2. The van der Waals surface area contributed by atoms with Gasteiger partial charge in [0.05, 0.1) is 31.3 Å². The van der Waals surface area contributed by atoms with Gasteiger partial charge in [-0.15, -0.1) is 0 Å². The highest BCUT2D eigenvalue weighted by molar-refractivity contribution is 6.31. The summed E-state index contributed by atoms with van der Waals surface area (Å²) in [7, 11) is 1.52. The minimum Gasteiger partial charge on any atom is -0.497 e. The summed E-state index contributed by atoms with van der Waals surface area (Å²) in [6.07, 6.45) is 2.07. The first kappa shape index (κ1) is 21.2. The molecule has 9 heteroatoms. The van der Waals surface area contributed by atoms with Crippen molar-refractivity contribution in [3.63, 3.8) is 0 Å². The van der Waals surface area contributed by atoms with Crippen LogP contribution in [0.1, 0.15) is 24.5 Å². The quantitative estimate of drug-likeness (QED) is 0.389. The molecular formula is C19H20ClN3O5. The van der Waals surface area contributed by atoms with Gasteiger partial charge >= 0.3 is 5.69 Å². The summed E-state index contributed by atoms with van der Waals surface area (Å²) in [6, 6.07) is 9.47. The van der Waals surface area contributed by atoms with Crippen LogP contribution < -0.4 is 14.9 Å². The monoisotopic (exact) mass is 405 g/mol. The van der Waals surface area contributed by atoms with Gasteiger partial charge in [0.1, 0.15) is 5.75 Å². The fourth-order valence-electron chi connectivity index (χ4n) is 2.30. The third-order valence-electron chi connectivity index (χ3n) is 3.65. The molecule has 0 atom stereocenters. The van der Waals surface area contributed by atoms with E-state index < -0.39 is 4.92 Å². The minimum atomic E-state index is -0.522. The average Bonchev–Trinajstić information content (AvgIpc) is 2.68. The molecule has 0 aliphatic rings. The highest BCUT2D eigenvalue weighted by Gasteiger charge is 2.15. The second-order valence-electron chi connectivity index (χ2n) is 5.76. The van der Waals surface area contributed by atoms with E-state index in [4.69, 9.17) is 21.1 Å². The van der Waals surface area contributed by atoms with Crippen LogP contribution >= 0.6 is 11.6 Å². The van der Waals surface area contributed by atoms with Crippen molar-refractivity contribution < 1.29 is 19.2 Å². The molecule has 0 aliphatic carbocycles. The number of nitro groups is 1. The smallest absolute Gasteiger partial charge is 0.311 e. The highest BCUT2D eigenvalue weighted by Crippen LogP contribution is 2.27. The van der Waals surface area contributed by atoms with Crippen LogP contribution in [0.25, 0.3) is 0 Å². The lowest BCUT2D eigenvalue weighted by molar-refractivity contribution is -0.385. The summed E-state index contributed by atoms with van der Waals surface area (Å²) in [6.45, 7) is 2.30. The molecule has 148 valence electrons. The molecule has 28 heavy (non-hydrogen) atoms. The molecule has 0 aromatic heterocycles. The van der Waals surface area contributed by atoms with Gasteiger partial charge in [-0.25, -0.2) is 5.43 Å². The number of hydrogen-bond donors (Lipinski definition) is 1. The Morgan fingerprint density at radius 1 is 1.32 bits per heavy atom. The minimum absolute atomic E-state index is 0.0112. The number of amides is 1. The van der Waals surface area contributed by atoms with Gasteiger partial charge in [0.2, 0.25) is 5.91 Å². The van der Waals surface area contributed by atoms with Gasteiger partial charge in [-0.1, -0.05) is 18.5 Å². The summed E-state index contributed by atoms with van der Waals surface area (Å²) in [5.41, 5.74) is 3.26. The molecule has 0 aliphatic heterocycles. The molecule has 0 bridgehead atoms. The average molecular weight is 406 g/mol. The van der Waals surface area contributed by atoms with Crippen LogP contribution in [0.4, 0.5) is 5.69 Å². The Labute approximate surface area is 167 Å². The third kappa shape index (κ3) is 5.95. The Balaban J connectivity index is 2.03. The van der Waals surface area contributed by atoms with E-state index in [2.05, 4.69) is 10.5 Å². The van der Waals surface area contributed by atoms with Crippen LogP contribution in [0, 0.1) is 10.1 Å². The van der Waals surface area contributed by atoms with E-state index in [1.165, 1.54) is 25.5 Å². The van der Waals surface area contributed by atoms with Gasteiger partial charge in [0.25, 0.3) is 0 Å². The molecule has 0 saturated carbocycles. The number of halogens is 1. The molecule has 0 unspecified atom stereocenters. The van der Waals surface area contributed by atoms with E-state index in [1.54, 1.807) is 24.3 Å². The first-order valence-electron chi connectivity index (χ1n) is 8.50. The number of methoxy groups -OCH3 is 1. The number of rotatable bonds is 9. The maximum absolute atomic E-state index is 12.0. The molecule has 8 nitrogen and oxygen atoms in total. The van der Waals surface area contributed by atoms with Gasteiger partial charge < -0.3 is 9.47 Å².